The number of benzene rings is 1. The summed E-state index contributed by atoms with van der Waals surface area (Å²) in [5.74, 6) is 1.06. The summed E-state index contributed by atoms with van der Waals surface area (Å²) in [6.07, 6.45) is 0. The molecule has 18 heavy (non-hydrogen) atoms. The third-order valence-corrected chi connectivity index (χ3v) is 3.84. The van der Waals surface area contributed by atoms with Gasteiger partial charge in [0.2, 0.25) is 5.78 Å². The molecular formula is C13H9ClO3S. The fourth-order valence-corrected chi connectivity index (χ4v) is 2.82. The van der Waals surface area contributed by atoms with Gasteiger partial charge in [0.15, 0.2) is 11.5 Å². The van der Waals surface area contributed by atoms with E-state index in [1.807, 2.05) is 0 Å². The summed E-state index contributed by atoms with van der Waals surface area (Å²) < 4.78 is 11.6. The lowest BCUT2D eigenvalue weighted by Gasteiger charge is -2.20. The second-order valence-electron chi connectivity index (χ2n) is 3.76. The van der Waals surface area contributed by atoms with Gasteiger partial charge in [0.05, 0.1) is 14.8 Å². The molecule has 1 aromatic heterocycles. The van der Waals surface area contributed by atoms with Gasteiger partial charge in [-0.05, 0) is 24.3 Å². The number of carbonyl (C=O) groups is 1. The lowest BCUT2D eigenvalue weighted by atomic mass is 10.1. The van der Waals surface area contributed by atoms with Crippen LogP contribution in [0.4, 0.5) is 0 Å². The Bertz CT molecular complexity index is 606. The van der Waals surface area contributed by atoms with Gasteiger partial charge < -0.3 is 9.47 Å². The Labute approximate surface area is 113 Å². The molecule has 0 saturated heterocycles. The van der Waals surface area contributed by atoms with Gasteiger partial charge in [-0.2, -0.15) is 0 Å². The monoisotopic (exact) mass is 280 g/mol. The van der Waals surface area contributed by atoms with E-state index in [0.717, 1.165) is 0 Å². The van der Waals surface area contributed by atoms with E-state index in [0.29, 0.717) is 39.5 Å². The highest BCUT2D eigenvalue weighted by atomic mass is 35.5. The van der Waals surface area contributed by atoms with Crippen LogP contribution in [0, 0.1) is 0 Å². The van der Waals surface area contributed by atoms with Gasteiger partial charge in [0.25, 0.3) is 0 Å². The van der Waals surface area contributed by atoms with Crippen molar-refractivity contribution in [2.45, 2.75) is 0 Å². The van der Waals surface area contributed by atoms with Crippen molar-refractivity contribution in [3.63, 3.8) is 0 Å². The molecule has 0 spiro atoms. The van der Waals surface area contributed by atoms with E-state index < -0.39 is 0 Å². The lowest BCUT2D eigenvalue weighted by Crippen LogP contribution is -2.17. The molecule has 0 N–H and O–H groups in total. The second kappa shape index (κ2) is 4.63. The molecule has 92 valence electrons. The first-order valence-electron chi connectivity index (χ1n) is 5.44. The number of hydrogen-bond acceptors (Lipinski definition) is 4. The van der Waals surface area contributed by atoms with E-state index in [4.69, 9.17) is 21.1 Å². The first-order valence-corrected chi connectivity index (χ1v) is 6.64. The first-order chi connectivity index (χ1) is 8.75. The van der Waals surface area contributed by atoms with E-state index in [1.165, 1.54) is 11.3 Å². The van der Waals surface area contributed by atoms with Crippen LogP contribution in [0.15, 0.2) is 30.3 Å². The van der Waals surface area contributed by atoms with Crippen molar-refractivity contribution in [3.05, 3.63) is 45.1 Å². The van der Waals surface area contributed by atoms with Crippen LogP contribution < -0.4 is 9.47 Å². The van der Waals surface area contributed by atoms with Crippen molar-refractivity contribution in [1.82, 2.24) is 0 Å². The summed E-state index contributed by atoms with van der Waals surface area (Å²) in [7, 11) is 0. The normalized spacial score (nSPS) is 13.4. The molecule has 0 atom stereocenters. The molecule has 0 fully saturated rings. The minimum atomic E-state index is -0.0887. The summed E-state index contributed by atoms with van der Waals surface area (Å²) in [6, 6.07) is 8.76. The summed E-state index contributed by atoms with van der Waals surface area (Å²) in [6.45, 7) is 0.970. The van der Waals surface area contributed by atoms with Crippen molar-refractivity contribution in [2.24, 2.45) is 0 Å². The molecule has 5 heteroatoms. The highest BCUT2D eigenvalue weighted by Gasteiger charge is 2.22. The molecule has 0 radical (unpaired) electrons. The minimum absolute atomic E-state index is 0.0887. The molecule has 3 nitrogen and oxygen atoms in total. The number of carbonyl (C=O) groups excluding carboxylic acids is 1. The molecule has 0 saturated carbocycles. The molecule has 0 bridgehead atoms. The molecule has 0 amide bonds. The van der Waals surface area contributed by atoms with Gasteiger partial charge in [-0.15, -0.1) is 11.3 Å². The number of fused-ring (bicyclic) bond motifs is 1. The van der Waals surface area contributed by atoms with E-state index in [-0.39, 0.29) is 5.78 Å². The molecule has 3 rings (SSSR count). The Hall–Kier alpha value is -1.52. The number of ether oxygens (including phenoxy) is 2. The number of thiophene rings is 1. The molecule has 1 aromatic carbocycles. The number of ketones is 1. The molecule has 1 aliphatic rings. The molecular weight excluding hydrogens is 272 g/mol. The highest BCUT2D eigenvalue weighted by Crippen LogP contribution is 2.36. The van der Waals surface area contributed by atoms with Crippen LogP contribution in [-0.2, 0) is 0 Å². The van der Waals surface area contributed by atoms with Crippen molar-refractivity contribution < 1.29 is 14.3 Å². The predicted molar refractivity (Wildman–Crippen MR) is 70.2 cm³/mol. The van der Waals surface area contributed by atoms with Crippen LogP contribution in [0.2, 0.25) is 4.34 Å². The summed E-state index contributed by atoms with van der Waals surface area (Å²) in [5.41, 5.74) is 0.519. The molecule has 1 aliphatic heterocycles. The average Bonchev–Trinajstić information content (AvgIpc) is 2.84. The van der Waals surface area contributed by atoms with E-state index >= 15 is 0 Å². The Morgan fingerprint density at radius 3 is 2.78 bits per heavy atom. The molecule has 2 aromatic rings. The largest absolute Gasteiger partial charge is 0.486 e. The summed E-state index contributed by atoms with van der Waals surface area (Å²) in [5, 5.41) is 0. The van der Waals surface area contributed by atoms with E-state index in [9.17, 15) is 4.79 Å². The Kier molecular flexibility index (Phi) is 2.97. The number of para-hydroxylation sites is 1. The van der Waals surface area contributed by atoms with E-state index in [1.54, 1.807) is 30.3 Å². The first kappa shape index (κ1) is 11.6. The fourth-order valence-electron chi connectivity index (χ4n) is 1.82. The second-order valence-corrected chi connectivity index (χ2v) is 5.48. The van der Waals surface area contributed by atoms with Crippen LogP contribution in [0.25, 0.3) is 0 Å². The zero-order valence-corrected chi connectivity index (χ0v) is 10.9. The van der Waals surface area contributed by atoms with Gasteiger partial charge in [0.1, 0.15) is 13.2 Å². The highest BCUT2D eigenvalue weighted by molar-refractivity contribution is 7.18. The minimum Gasteiger partial charge on any atom is -0.486 e. The van der Waals surface area contributed by atoms with Crippen molar-refractivity contribution in [2.75, 3.05) is 13.2 Å². The molecule has 0 unspecified atom stereocenters. The van der Waals surface area contributed by atoms with Crippen molar-refractivity contribution in [3.8, 4) is 11.5 Å². The predicted octanol–water partition coefficient (Wildman–Crippen LogP) is 3.40. The average molecular weight is 281 g/mol. The third kappa shape index (κ3) is 1.98. The van der Waals surface area contributed by atoms with Gasteiger partial charge in [-0.1, -0.05) is 17.7 Å². The van der Waals surface area contributed by atoms with Gasteiger partial charge >= 0.3 is 0 Å². The lowest BCUT2D eigenvalue weighted by molar-refractivity contribution is 0.103. The Balaban J connectivity index is 2.04. The Morgan fingerprint density at radius 2 is 2.00 bits per heavy atom. The number of hydrogen-bond donors (Lipinski definition) is 0. The Morgan fingerprint density at radius 1 is 1.17 bits per heavy atom. The maximum atomic E-state index is 12.3. The van der Waals surface area contributed by atoms with Crippen LogP contribution in [0.1, 0.15) is 15.2 Å². The molecule has 2 heterocycles. The standard InChI is InChI=1S/C13H9ClO3S/c14-11-5-4-10(18-11)12(15)8-2-1-3-9-13(8)17-7-6-16-9/h1-5H,6-7H2. The third-order valence-electron chi connectivity index (χ3n) is 2.61. The smallest absolute Gasteiger partial charge is 0.206 e. The van der Waals surface area contributed by atoms with Crippen LogP contribution >= 0.6 is 22.9 Å². The quantitative estimate of drug-likeness (QED) is 0.791. The zero-order chi connectivity index (χ0) is 12.5. The summed E-state index contributed by atoms with van der Waals surface area (Å²) in [4.78, 5) is 12.9. The SMILES string of the molecule is O=C(c1ccc(Cl)s1)c1cccc2c1OCCO2. The van der Waals surface area contributed by atoms with Crippen LogP contribution in [0.3, 0.4) is 0 Å². The summed E-state index contributed by atoms with van der Waals surface area (Å²) >= 11 is 7.11. The van der Waals surface area contributed by atoms with Gasteiger partial charge in [0, 0.05) is 0 Å². The molecule has 0 aliphatic carbocycles. The van der Waals surface area contributed by atoms with Gasteiger partial charge in [-0.3, -0.25) is 4.79 Å². The van der Waals surface area contributed by atoms with Crippen molar-refractivity contribution in [1.29, 1.82) is 0 Å². The van der Waals surface area contributed by atoms with Crippen LogP contribution in [-0.4, -0.2) is 19.0 Å². The zero-order valence-electron chi connectivity index (χ0n) is 9.31. The number of halogens is 1. The topological polar surface area (TPSA) is 35.5 Å². The fraction of sp³-hybridized carbons (Fsp3) is 0.154. The number of rotatable bonds is 2. The van der Waals surface area contributed by atoms with Crippen LogP contribution in [0.5, 0.6) is 11.5 Å². The van der Waals surface area contributed by atoms with Gasteiger partial charge in [-0.25, -0.2) is 0 Å². The maximum Gasteiger partial charge on any atom is 0.206 e. The van der Waals surface area contributed by atoms with Crippen molar-refractivity contribution >= 4 is 28.7 Å². The van der Waals surface area contributed by atoms with E-state index in [2.05, 4.69) is 0 Å². The maximum absolute atomic E-state index is 12.3.